The van der Waals surface area contributed by atoms with Crippen molar-refractivity contribution < 1.29 is 24.2 Å². The van der Waals surface area contributed by atoms with E-state index < -0.39 is 12.1 Å². The van der Waals surface area contributed by atoms with E-state index >= 15 is 0 Å². The third-order valence-corrected chi connectivity index (χ3v) is 7.07. The van der Waals surface area contributed by atoms with Crippen molar-refractivity contribution in [2.45, 2.75) is 36.3 Å². The number of aliphatic carboxylic acids is 1. The minimum Gasteiger partial charge on any atom is -0.479 e. The summed E-state index contributed by atoms with van der Waals surface area (Å²) in [5.41, 5.74) is 2.32. The number of hydrogen-bond acceptors (Lipinski definition) is 5. The number of benzene rings is 3. The highest BCUT2D eigenvalue weighted by Crippen LogP contribution is 2.34. The van der Waals surface area contributed by atoms with Crippen molar-refractivity contribution in [3.63, 3.8) is 0 Å². The van der Waals surface area contributed by atoms with Crippen LogP contribution in [-0.4, -0.2) is 53.1 Å². The minimum absolute atomic E-state index is 0.0292. The lowest BCUT2D eigenvalue weighted by atomic mass is 9.85. The fourth-order valence-electron chi connectivity index (χ4n) is 4.27. The molecule has 2 atom stereocenters. The Morgan fingerprint density at radius 1 is 1.06 bits per heavy atom. The molecule has 35 heavy (non-hydrogen) atoms. The zero-order chi connectivity index (χ0) is 24.6. The number of nitrogens with zero attached hydrogens (tertiary/aromatic N) is 1. The van der Waals surface area contributed by atoms with Gasteiger partial charge in [0.05, 0.1) is 6.04 Å². The lowest BCUT2D eigenvalue weighted by molar-refractivity contribution is -0.144. The Kier molecular flexibility index (Phi) is 8.32. The van der Waals surface area contributed by atoms with Crippen LogP contribution in [0.2, 0.25) is 0 Å². The van der Waals surface area contributed by atoms with Gasteiger partial charge in [-0.1, -0.05) is 66.7 Å². The first kappa shape index (κ1) is 24.7. The van der Waals surface area contributed by atoms with Crippen LogP contribution >= 0.6 is 11.8 Å². The summed E-state index contributed by atoms with van der Waals surface area (Å²) in [5.74, 6) is 0.359. The molecule has 0 radical (unpaired) electrons. The molecule has 0 unspecified atom stereocenters. The van der Waals surface area contributed by atoms with Crippen LogP contribution in [0.4, 0.5) is 4.79 Å². The standard InChI is InChI=1S/C28H29NO5S/c1-20(27(30)31)34-23-14-8-15-24(18-23)35-17-9-16-29-25(19-33-28(29)32)26(21-10-4-2-5-11-21)22-12-6-3-7-13-22/h2-8,10-15,18,20,25-26H,9,16-17,19H2,1H3,(H,30,31)/t20-,25+/m0/s1. The minimum atomic E-state index is -1.00. The molecule has 0 aliphatic carbocycles. The highest BCUT2D eigenvalue weighted by molar-refractivity contribution is 7.99. The molecular formula is C28H29NO5S. The third-order valence-electron chi connectivity index (χ3n) is 5.99. The van der Waals surface area contributed by atoms with Gasteiger partial charge in [-0.15, -0.1) is 11.8 Å². The Bertz CT molecular complexity index is 1080. The molecule has 0 bridgehead atoms. The van der Waals surface area contributed by atoms with Gasteiger partial charge in [-0.3, -0.25) is 0 Å². The maximum absolute atomic E-state index is 12.7. The molecule has 6 nitrogen and oxygen atoms in total. The molecule has 7 heteroatoms. The summed E-state index contributed by atoms with van der Waals surface area (Å²) < 4.78 is 11.0. The average molecular weight is 492 g/mol. The zero-order valence-electron chi connectivity index (χ0n) is 19.6. The molecule has 3 aromatic rings. The molecular weight excluding hydrogens is 462 g/mol. The second kappa shape index (κ2) is 11.8. The van der Waals surface area contributed by atoms with Gasteiger partial charge in [0.1, 0.15) is 12.4 Å². The molecule has 0 aromatic heterocycles. The Hall–Kier alpha value is -3.45. The first-order valence-electron chi connectivity index (χ1n) is 11.7. The number of ether oxygens (including phenoxy) is 2. The number of carbonyl (C=O) groups excluding carboxylic acids is 1. The van der Waals surface area contributed by atoms with E-state index in [4.69, 9.17) is 14.6 Å². The summed E-state index contributed by atoms with van der Waals surface area (Å²) in [5, 5.41) is 9.04. The normalized spacial score (nSPS) is 16.2. The smallest absolute Gasteiger partial charge is 0.410 e. The highest BCUT2D eigenvalue weighted by Gasteiger charge is 2.39. The fourth-order valence-corrected chi connectivity index (χ4v) is 5.16. The molecule has 0 spiro atoms. The van der Waals surface area contributed by atoms with E-state index in [0.717, 1.165) is 28.2 Å². The number of thioether (sulfide) groups is 1. The monoisotopic (exact) mass is 491 g/mol. The molecule has 4 rings (SSSR count). The van der Waals surface area contributed by atoms with E-state index in [-0.39, 0.29) is 18.1 Å². The first-order valence-corrected chi connectivity index (χ1v) is 12.7. The maximum Gasteiger partial charge on any atom is 0.410 e. The van der Waals surface area contributed by atoms with Crippen LogP contribution in [0.3, 0.4) is 0 Å². The molecule has 1 saturated heterocycles. The van der Waals surface area contributed by atoms with Crippen molar-refractivity contribution in [3.8, 4) is 5.75 Å². The molecule has 1 heterocycles. The number of carboxylic acids is 1. The SMILES string of the molecule is C[C@H](Oc1cccc(SCCCN2C(=O)OC[C@@H]2C(c2ccccc2)c2ccccc2)c1)C(=O)O. The van der Waals surface area contributed by atoms with E-state index in [1.165, 1.54) is 6.92 Å². The summed E-state index contributed by atoms with van der Waals surface area (Å²) >= 11 is 1.65. The van der Waals surface area contributed by atoms with Gasteiger partial charge in [0.15, 0.2) is 6.10 Å². The van der Waals surface area contributed by atoms with Crippen molar-refractivity contribution in [3.05, 3.63) is 96.1 Å². The molecule has 182 valence electrons. The molecule has 3 aromatic carbocycles. The van der Waals surface area contributed by atoms with Gasteiger partial charge >= 0.3 is 12.1 Å². The van der Waals surface area contributed by atoms with Crippen LogP contribution in [0.15, 0.2) is 89.8 Å². The van der Waals surface area contributed by atoms with Crippen molar-refractivity contribution in [2.75, 3.05) is 18.9 Å². The Morgan fingerprint density at radius 2 is 1.71 bits per heavy atom. The summed E-state index contributed by atoms with van der Waals surface area (Å²) in [6, 6.07) is 27.9. The van der Waals surface area contributed by atoms with Gasteiger partial charge in [0, 0.05) is 17.4 Å². The first-order chi connectivity index (χ1) is 17.0. The lowest BCUT2D eigenvalue weighted by Crippen LogP contribution is -2.39. The van der Waals surface area contributed by atoms with Crippen LogP contribution in [-0.2, 0) is 9.53 Å². The van der Waals surface area contributed by atoms with Crippen LogP contribution in [0.25, 0.3) is 0 Å². The van der Waals surface area contributed by atoms with Gasteiger partial charge in [-0.25, -0.2) is 9.59 Å². The Morgan fingerprint density at radius 3 is 2.34 bits per heavy atom. The second-order valence-electron chi connectivity index (χ2n) is 8.41. The number of cyclic esters (lactones) is 1. The Labute approximate surface area is 209 Å². The van der Waals surface area contributed by atoms with Crippen molar-refractivity contribution in [1.82, 2.24) is 4.90 Å². The van der Waals surface area contributed by atoms with Crippen molar-refractivity contribution in [1.29, 1.82) is 0 Å². The molecule has 1 aliphatic rings. The maximum atomic E-state index is 12.7. The van der Waals surface area contributed by atoms with Gasteiger partial charge in [0.2, 0.25) is 0 Å². The van der Waals surface area contributed by atoms with E-state index in [1.807, 2.05) is 59.5 Å². The largest absolute Gasteiger partial charge is 0.479 e. The zero-order valence-corrected chi connectivity index (χ0v) is 20.4. The number of rotatable bonds is 11. The molecule has 1 fully saturated rings. The van der Waals surface area contributed by atoms with Crippen LogP contribution in [0, 0.1) is 0 Å². The number of hydrogen-bond donors (Lipinski definition) is 1. The quantitative estimate of drug-likeness (QED) is 0.275. The van der Waals surface area contributed by atoms with Gasteiger partial charge in [-0.05, 0) is 48.4 Å². The van der Waals surface area contributed by atoms with Gasteiger partial charge in [-0.2, -0.15) is 0 Å². The lowest BCUT2D eigenvalue weighted by Gasteiger charge is -2.30. The number of carbonyl (C=O) groups is 2. The van der Waals surface area contributed by atoms with Crippen LogP contribution in [0.1, 0.15) is 30.4 Å². The predicted molar refractivity (Wildman–Crippen MR) is 136 cm³/mol. The molecule has 1 N–H and O–H groups in total. The van der Waals surface area contributed by atoms with Gasteiger partial charge in [0.25, 0.3) is 0 Å². The second-order valence-corrected chi connectivity index (χ2v) is 9.58. The van der Waals surface area contributed by atoms with Gasteiger partial charge < -0.3 is 19.5 Å². The van der Waals surface area contributed by atoms with E-state index in [0.29, 0.717) is 18.9 Å². The number of carboxylic acid groups (broad SMARTS) is 1. The van der Waals surface area contributed by atoms with Crippen LogP contribution in [0.5, 0.6) is 5.75 Å². The summed E-state index contributed by atoms with van der Waals surface area (Å²) in [7, 11) is 0. The summed E-state index contributed by atoms with van der Waals surface area (Å²) in [6.45, 7) is 2.46. The third kappa shape index (κ3) is 6.36. The van der Waals surface area contributed by atoms with E-state index in [2.05, 4.69) is 24.3 Å². The average Bonchev–Trinajstić information content (AvgIpc) is 3.23. The van der Waals surface area contributed by atoms with Crippen molar-refractivity contribution in [2.24, 2.45) is 0 Å². The fraction of sp³-hybridized carbons (Fsp3) is 0.286. The highest BCUT2D eigenvalue weighted by atomic mass is 32.2. The van der Waals surface area contributed by atoms with Crippen LogP contribution < -0.4 is 4.74 Å². The predicted octanol–water partition coefficient (Wildman–Crippen LogP) is 5.67. The van der Waals surface area contributed by atoms with Crippen molar-refractivity contribution >= 4 is 23.8 Å². The van der Waals surface area contributed by atoms with E-state index in [1.54, 1.807) is 17.8 Å². The molecule has 0 saturated carbocycles. The summed E-state index contributed by atoms with van der Waals surface area (Å²) in [4.78, 5) is 26.5. The Balaban J connectivity index is 1.40. The summed E-state index contributed by atoms with van der Waals surface area (Å²) in [6.07, 6.45) is -0.381. The molecule has 1 aliphatic heterocycles. The number of amides is 1. The topological polar surface area (TPSA) is 76.1 Å². The van der Waals surface area contributed by atoms with E-state index in [9.17, 15) is 9.59 Å². The molecule has 1 amide bonds.